The fourth-order valence-electron chi connectivity index (χ4n) is 3.94. The summed E-state index contributed by atoms with van der Waals surface area (Å²) in [5, 5.41) is 0. The van der Waals surface area contributed by atoms with Crippen LogP contribution in [0.1, 0.15) is 52.2 Å². The molecule has 0 heterocycles. The van der Waals surface area contributed by atoms with Gasteiger partial charge in [-0.2, -0.15) is 0 Å². The Bertz CT molecular complexity index is 1610. The average Bonchev–Trinajstić information content (AvgIpc) is 3.02. The van der Waals surface area contributed by atoms with Gasteiger partial charge in [0.05, 0.1) is 0 Å². The summed E-state index contributed by atoms with van der Waals surface area (Å²) < 4.78 is 21.9. The molecule has 7 heteroatoms. The van der Waals surface area contributed by atoms with Crippen LogP contribution in [0.25, 0.3) is 22.3 Å². The molecule has 0 atom stereocenters. The Balaban J connectivity index is 1.87. The van der Waals surface area contributed by atoms with Crippen LogP contribution in [0.3, 0.4) is 0 Å². The summed E-state index contributed by atoms with van der Waals surface area (Å²) in [6.07, 6.45) is 0.470. The van der Waals surface area contributed by atoms with Crippen LogP contribution in [-0.4, -0.2) is 31.1 Å². The first-order valence-electron chi connectivity index (χ1n) is 14.2. The molecule has 3 aromatic carbocycles. The third kappa shape index (κ3) is 8.91. The van der Waals surface area contributed by atoms with Gasteiger partial charge in [0, 0.05) is 22.3 Å². The molecule has 0 aliphatic carbocycles. The molecule has 3 aromatic rings. The largest absolute Gasteiger partial charge is 0.490 e. The molecule has 0 unspecified atom stereocenters. The van der Waals surface area contributed by atoms with E-state index in [0.717, 1.165) is 33.4 Å². The molecule has 0 saturated carbocycles. The highest BCUT2D eigenvalue weighted by atomic mass is 16.6. The van der Waals surface area contributed by atoms with Crippen LogP contribution in [0.4, 0.5) is 0 Å². The minimum atomic E-state index is -0.492. The Labute approximate surface area is 259 Å². The maximum Gasteiger partial charge on any atom is 0.338 e. The molecular formula is C37H38O7. The lowest BCUT2D eigenvalue weighted by molar-refractivity contribution is -0.139. The maximum atomic E-state index is 12.8. The van der Waals surface area contributed by atoms with Crippen LogP contribution >= 0.6 is 0 Å². The number of allylic oxidation sites excluding steroid dienone is 2. The van der Waals surface area contributed by atoms with Crippen molar-refractivity contribution in [1.82, 2.24) is 0 Å². The Kier molecular flexibility index (Phi) is 11.6. The highest BCUT2D eigenvalue weighted by Gasteiger charge is 2.16. The minimum Gasteiger partial charge on any atom is -0.490 e. The number of rotatable bonds is 13. The van der Waals surface area contributed by atoms with E-state index in [9.17, 15) is 14.4 Å². The van der Waals surface area contributed by atoms with Crippen LogP contribution in [0, 0.1) is 0 Å². The van der Waals surface area contributed by atoms with E-state index in [1.807, 2.05) is 63.2 Å². The lowest BCUT2D eigenvalue weighted by atomic mass is 9.94. The second-order valence-corrected chi connectivity index (χ2v) is 10.3. The van der Waals surface area contributed by atoms with Crippen LogP contribution in [0.5, 0.6) is 17.2 Å². The maximum absolute atomic E-state index is 12.8. The summed E-state index contributed by atoms with van der Waals surface area (Å²) in [5.74, 6) is 0.0111. The molecule has 3 rings (SSSR count). The molecule has 0 aromatic heterocycles. The van der Waals surface area contributed by atoms with E-state index in [4.69, 9.17) is 18.9 Å². The van der Waals surface area contributed by atoms with Crippen molar-refractivity contribution in [1.29, 1.82) is 0 Å². The van der Waals surface area contributed by atoms with E-state index in [2.05, 4.69) is 19.7 Å². The molecule has 0 amide bonds. The zero-order valence-electron chi connectivity index (χ0n) is 26.0. The summed E-state index contributed by atoms with van der Waals surface area (Å²) in [6, 6.07) is 20.3. The number of hydrogen-bond donors (Lipinski definition) is 0. The zero-order valence-corrected chi connectivity index (χ0v) is 26.0. The van der Waals surface area contributed by atoms with Gasteiger partial charge >= 0.3 is 17.9 Å². The number of benzene rings is 3. The number of hydrogen-bond acceptors (Lipinski definition) is 7. The van der Waals surface area contributed by atoms with E-state index < -0.39 is 17.9 Å². The fourth-order valence-corrected chi connectivity index (χ4v) is 3.94. The molecule has 0 spiro atoms. The van der Waals surface area contributed by atoms with E-state index >= 15 is 0 Å². The number of carbonyl (C=O) groups is 3. The summed E-state index contributed by atoms with van der Waals surface area (Å²) in [5.41, 5.74) is 6.37. The Morgan fingerprint density at radius 2 is 1.20 bits per heavy atom. The van der Waals surface area contributed by atoms with Crippen LogP contribution in [0.15, 0.2) is 103 Å². The predicted octanol–water partition coefficient (Wildman–Crippen LogP) is 8.16. The second-order valence-electron chi connectivity index (χ2n) is 10.3. The number of esters is 3. The fraction of sp³-hybridized carbons (Fsp3) is 0.216. The third-order valence-electron chi connectivity index (χ3n) is 6.84. The van der Waals surface area contributed by atoms with Crippen LogP contribution < -0.4 is 14.2 Å². The summed E-state index contributed by atoms with van der Waals surface area (Å²) in [6.45, 7) is 20.3. The molecule has 0 bridgehead atoms. The summed E-state index contributed by atoms with van der Waals surface area (Å²) >= 11 is 0. The van der Waals surface area contributed by atoms with Crippen molar-refractivity contribution in [2.24, 2.45) is 0 Å². The van der Waals surface area contributed by atoms with Gasteiger partial charge in [-0.3, -0.25) is 0 Å². The van der Waals surface area contributed by atoms with E-state index in [1.165, 1.54) is 0 Å². The second kappa shape index (κ2) is 15.3. The standard InChI is InChI=1S/C37H38O7/c1-9-25(6)37(40)44-34-22-30(27(8)26(7)28-10-17-32(18-11-28)43-36(39)24(4)5)14-19-33(34)29-12-15-31(16-13-29)41-20-21-42-35(38)23(2)3/h10-19,22H,2,4,6,9,20-21H2,1,3,5,7-8H3/b27-26+. The first kappa shape index (κ1) is 33.3. The number of carbonyl (C=O) groups excluding carboxylic acids is 3. The van der Waals surface area contributed by atoms with Crippen molar-refractivity contribution < 1.29 is 33.3 Å². The highest BCUT2D eigenvalue weighted by molar-refractivity contribution is 5.93. The van der Waals surface area contributed by atoms with Gasteiger partial charge in [-0.05, 0) is 92.3 Å². The van der Waals surface area contributed by atoms with Crippen molar-refractivity contribution >= 4 is 29.1 Å². The zero-order chi connectivity index (χ0) is 32.4. The molecule has 0 radical (unpaired) electrons. The normalized spacial score (nSPS) is 11.1. The molecule has 0 fully saturated rings. The van der Waals surface area contributed by atoms with Gasteiger partial charge in [0.2, 0.25) is 0 Å². The summed E-state index contributed by atoms with van der Waals surface area (Å²) in [7, 11) is 0. The summed E-state index contributed by atoms with van der Waals surface area (Å²) in [4.78, 5) is 36.1. The SMILES string of the molecule is C=C(C)C(=O)OCCOc1ccc(-c2ccc(/C(C)=C(\C)c3ccc(OC(=O)C(=C)C)cc3)cc2OC(=O)C(=C)CC)cc1. The molecule has 0 aliphatic heterocycles. The van der Waals surface area contributed by atoms with E-state index in [0.29, 0.717) is 40.4 Å². The van der Waals surface area contributed by atoms with Crippen molar-refractivity contribution in [2.75, 3.05) is 13.2 Å². The van der Waals surface area contributed by atoms with Crippen molar-refractivity contribution in [3.8, 4) is 28.4 Å². The van der Waals surface area contributed by atoms with Gasteiger partial charge in [0.25, 0.3) is 0 Å². The first-order chi connectivity index (χ1) is 20.9. The van der Waals surface area contributed by atoms with Crippen molar-refractivity contribution in [2.45, 2.75) is 41.0 Å². The van der Waals surface area contributed by atoms with Gasteiger partial charge in [0.1, 0.15) is 30.5 Å². The Morgan fingerprint density at radius 3 is 1.80 bits per heavy atom. The predicted molar refractivity (Wildman–Crippen MR) is 173 cm³/mol. The third-order valence-corrected chi connectivity index (χ3v) is 6.84. The first-order valence-corrected chi connectivity index (χ1v) is 14.2. The van der Waals surface area contributed by atoms with Crippen LogP contribution in [0.2, 0.25) is 0 Å². The molecule has 0 N–H and O–H groups in total. The van der Waals surface area contributed by atoms with E-state index in [-0.39, 0.29) is 13.2 Å². The van der Waals surface area contributed by atoms with Gasteiger partial charge in [0.15, 0.2) is 0 Å². The lowest BCUT2D eigenvalue weighted by Gasteiger charge is -2.15. The smallest absolute Gasteiger partial charge is 0.338 e. The molecule has 0 aliphatic rings. The Morgan fingerprint density at radius 1 is 0.636 bits per heavy atom. The Hall–Kier alpha value is -5.17. The average molecular weight is 595 g/mol. The monoisotopic (exact) mass is 594 g/mol. The van der Waals surface area contributed by atoms with Crippen LogP contribution in [-0.2, 0) is 19.1 Å². The van der Waals surface area contributed by atoms with Gasteiger partial charge in [-0.15, -0.1) is 0 Å². The van der Waals surface area contributed by atoms with Crippen molar-refractivity contribution in [3.05, 3.63) is 114 Å². The van der Waals surface area contributed by atoms with Gasteiger partial charge in [-0.1, -0.05) is 63.1 Å². The van der Waals surface area contributed by atoms with E-state index in [1.54, 1.807) is 38.1 Å². The quantitative estimate of drug-likeness (QED) is 0.0649. The molecular weight excluding hydrogens is 556 g/mol. The van der Waals surface area contributed by atoms with Gasteiger partial charge in [-0.25, -0.2) is 14.4 Å². The highest BCUT2D eigenvalue weighted by Crippen LogP contribution is 2.36. The topological polar surface area (TPSA) is 88.1 Å². The molecule has 0 saturated heterocycles. The van der Waals surface area contributed by atoms with Gasteiger partial charge < -0.3 is 18.9 Å². The lowest BCUT2D eigenvalue weighted by Crippen LogP contribution is -2.12. The molecule has 228 valence electrons. The molecule has 44 heavy (non-hydrogen) atoms. The number of ether oxygens (including phenoxy) is 4. The minimum absolute atomic E-state index is 0.106. The van der Waals surface area contributed by atoms with Crippen molar-refractivity contribution in [3.63, 3.8) is 0 Å². The molecule has 7 nitrogen and oxygen atoms in total.